The largest absolute Gasteiger partial charge is 0.319 e. The van der Waals surface area contributed by atoms with Crippen molar-refractivity contribution < 1.29 is 4.79 Å². The highest BCUT2D eigenvalue weighted by atomic mass is 35.5. The number of aromatic nitrogens is 2. The molecule has 0 fully saturated rings. The van der Waals surface area contributed by atoms with Crippen molar-refractivity contribution in [1.82, 2.24) is 9.61 Å². The zero-order valence-corrected chi connectivity index (χ0v) is 12.7. The number of benzene rings is 1. The van der Waals surface area contributed by atoms with Crippen LogP contribution in [0.1, 0.15) is 10.5 Å². The highest BCUT2D eigenvalue weighted by molar-refractivity contribution is 6.38. The van der Waals surface area contributed by atoms with Gasteiger partial charge >= 0.3 is 0 Å². The Balaban J connectivity index is 1.95. The highest BCUT2D eigenvalue weighted by Crippen LogP contribution is 2.27. The standard InChI is InChI=1S/C14H8Cl3N3O/c15-8-4-5-10(9(16)7-8)18-14(21)13-12(17)11-3-1-2-6-20(11)19-13/h1-7H,(H,18,21). The molecule has 2 heterocycles. The van der Waals surface area contributed by atoms with Crippen LogP contribution in [0.2, 0.25) is 15.1 Å². The second-order valence-corrected chi connectivity index (χ2v) is 5.49. The van der Waals surface area contributed by atoms with Crippen molar-refractivity contribution in [2.24, 2.45) is 0 Å². The minimum Gasteiger partial charge on any atom is -0.319 e. The lowest BCUT2D eigenvalue weighted by Crippen LogP contribution is -2.13. The van der Waals surface area contributed by atoms with Crippen molar-refractivity contribution in [2.45, 2.75) is 0 Å². The maximum Gasteiger partial charge on any atom is 0.277 e. The Hall–Kier alpha value is -1.75. The van der Waals surface area contributed by atoms with Crippen molar-refractivity contribution in [1.29, 1.82) is 0 Å². The van der Waals surface area contributed by atoms with Crippen LogP contribution >= 0.6 is 34.8 Å². The van der Waals surface area contributed by atoms with Crippen molar-refractivity contribution >= 4 is 51.9 Å². The second-order valence-electron chi connectivity index (χ2n) is 4.27. The lowest BCUT2D eigenvalue weighted by atomic mass is 10.3. The van der Waals surface area contributed by atoms with Crippen molar-refractivity contribution in [3.8, 4) is 0 Å². The number of amides is 1. The summed E-state index contributed by atoms with van der Waals surface area (Å²) in [7, 11) is 0. The molecule has 1 aromatic carbocycles. The van der Waals surface area contributed by atoms with Crippen molar-refractivity contribution in [2.75, 3.05) is 5.32 Å². The van der Waals surface area contributed by atoms with Gasteiger partial charge in [-0.15, -0.1) is 0 Å². The first-order chi connectivity index (χ1) is 10.1. The summed E-state index contributed by atoms with van der Waals surface area (Å²) in [4.78, 5) is 12.3. The van der Waals surface area contributed by atoms with Gasteiger partial charge in [0.2, 0.25) is 0 Å². The molecule has 21 heavy (non-hydrogen) atoms. The summed E-state index contributed by atoms with van der Waals surface area (Å²) in [6.45, 7) is 0. The van der Waals surface area contributed by atoms with Crippen LogP contribution in [0.25, 0.3) is 5.52 Å². The van der Waals surface area contributed by atoms with E-state index in [1.54, 1.807) is 41.0 Å². The SMILES string of the molecule is O=C(Nc1ccc(Cl)cc1Cl)c1nn2ccccc2c1Cl. The number of carbonyl (C=O) groups excluding carboxylic acids is 1. The number of nitrogens with one attached hydrogen (secondary N) is 1. The molecule has 7 heteroatoms. The minimum absolute atomic E-state index is 0.133. The maximum absolute atomic E-state index is 12.3. The number of pyridine rings is 1. The van der Waals surface area contributed by atoms with Gasteiger partial charge < -0.3 is 5.32 Å². The number of carbonyl (C=O) groups is 1. The van der Waals surface area contributed by atoms with Gasteiger partial charge in [-0.25, -0.2) is 4.52 Å². The van der Waals surface area contributed by atoms with E-state index in [4.69, 9.17) is 34.8 Å². The quantitative estimate of drug-likeness (QED) is 0.744. The van der Waals surface area contributed by atoms with Gasteiger partial charge in [0.05, 0.1) is 21.2 Å². The van der Waals surface area contributed by atoms with E-state index < -0.39 is 5.91 Å². The van der Waals surface area contributed by atoms with Gasteiger partial charge in [-0.05, 0) is 30.3 Å². The third-order valence-electron chi connectivity index (χ3n) is 2.87. The Morgan fingerprint density at radius 2 is 1.95 bits per heavy atom. The summed E-state index contributed by atoms with van der Waals surface area (Å²) in [6.07, 6.45) is 1.72. The minimum atomic E-state index is -0.437. The predicted octanol–water partition coefficient (Wildman–Crippen LogP) is 4.55. The van der Waals surface area contributed by atoms with E-state index >= 15 is 0 Å². The van der Waals surface area contributed by atoms with Gasteiger partial charge in [-0.2, -0.15) is 5.10 Å². The number of hydrogen-bond acceptors (Lipinski definition) is 2. The Morgan fingerprint density at radius 3 is 2.67 bits per heavy atom. The molecule has 2 aromatic heterocycles. The molecule has 1 N–H and O–H groups in total. The number of halogens is 3. The van der Waals surface area contributed by atoms with Gasteiger partial charge in [0, 0.05) is 11.2 Å². The number of hydrogen-bond donors (Lipinski definition) is 1. The lowest BCUT2D eigenvalue weighted by Gasteiger charge is -2.05. The molecule has 0 spiro atoms. The maximum atomic E-state index is 12.3. The Kier molecular flexibility index (Phi) is 3.76. The summed E-state index contributed by atoms with van der Waals surface area (Å²) < 4.78 is 1.54. The average molecular weight is 341 g/mol. The van der Waals surface area contributed by atoms with Gasteiger partial charge in [0.1, 0.15) is 0 Å². The Labute approximate surface area is 135 Å². The van der Waals surface area contributed by atoms with E-state index in [2.05, 4.69) is 10.4 Å². The van der Waals surface area contributed by atoms with E-state index in [1.165, 1.54) is 0 Å². The Bertz CT molecular complexity index is 845. The molecule has 0 atom stereocenters. The molecule has 3 aromatic rings. The summed E-state index contributed by atoms with van der Waals surface area (Å²) in [5, 5.41) is 7.95. The average Bonchev–Trinajstić information content (AvgIpc) is 2.80. The molecule has 0 unspecified atom stereocenters. The normalized spacial score (nSPS) is 10.8. The second kappa shape index (κ2) is 5.56. The van der Waals surface area contributed by atoms with E-state index in [9.17, 15) is 4.79 Å². The fraction of sp³-hybridized carbons (Fsp3) is 0. The van der Waals surface area contributed by atoms with Crippen LogP contribution in [0.5, 0.6) is 0 Å². The molecule has 106 valence electrons. The molecule has 0 saturated carbocycles. The molecule has 0 aliphatic heterocycles. The molecule has 4 nitrogen and oxygen atoms in total. The molecule has 0 radical (unpaired) electrons. The number of fused-ring (bicyclic) bond motifs is 1. The zero-order valence-electron chi connectivity index (χ0n) is 10.5. The third-order valence-corrected chi connectivity index (χ3v) is 3.79. The molecule has 0 aliphatic rings. The Morgan fingerprint density at radius 1 is 1.14 bits per heavy atom. The number of nitrogens with zero attached hydrogens (tertiary/aromatic N) is 2. The van der Waals surface area contributed by atoms with Gasteiger partial charge in [0.25, 0.3) is 5.91 Å². The van der Waals surface area contributed by atoms with Crippen LogP contribution in [0.4, 0.5) is 5.69 Å². The predicted molar refractivity (Wildman–Crippen MR) is 84.6 cm³/mol. The van der Waals surface area contributed by atoms with Crippen LogP contribution in [-0.4, -0.2) is 15.5 Å². The number of rotatable bonds is 2. The van der Waals surface area contributed by atoms with Gasteiger partial charge in [0.15, 0.2) is 5.69 Å². The molecule has 1 amide bonds. The van der Waals surface area contributed by atoms with Gasteiger partial charge in [-0.1, -0.05) is 40.9 Å². The van der Waals surface area contributed by atoms with E-state index in [0.717, 1.165) is 0 Å². The molecular weight excluding hydrogens is 333 g/mol. The smallest absolute Gasteiger partial charge is 0.277 e. The molecule has 3 rings (SSSR count). The molecular formula is C14H8Cl3N3O. The molecule has 0 bridgehead atoms. The first-order valence-corrected chi connectivity index (χ1v) is 7.09. The van der Waals surface area contributed by atoms with Crippen molar-refractivity contribution in [3.05, 3.63) is 63.4 Å². The van der Waals surface area contributed by atoms with E-state index in [0.29, 0.717) is 21.2 Å². The van der Waals surface area contributed by atoms with Crippen molar-refractivity contribution in [3.63, 3.8) is 0 Å². The summed E-state index contributed by atoms with van der Waals surface area (Å²) in [6, 6.07) is 10.2. The molecule has 0 aliphatic carbocycles. The van der Waals surface area contributed by atoms with Gasteiger partial charge in [-0.3, -0.25) is 4.79 Å². The summed E-state index contributed by atoms with van der Waals surface area (Å²) >= 11 is 18.0. The summed E-state index contributed by atoms with van der Waals surface area (Å²) in [5.41, 5.74) is 1.24. The highest BCUT2D eigenvalue weighted by Gasteiger charge is 2.18. The fourth-order valence-corrected chi connectivity index (χ4v) is 2.61. The van der Waals surface area contributed by atoms with Crippen LogP contribution in [-0.2, 0) is 0 Å². The first kappa shape index (κ1) is 14.2. The topological polar surface area (TPSA) is 46.4 Å². The van der Waals surface area contributed by atoms with E-state index in [-0.39, 0.29) is 10.7 Å². The zero-order chi connectivity index (χ0) is 15.0. The molecule has 0 saturated heterocycles. The fourth-order valence-electron chi connectivity index (χ4n) is 1.89. The summed E-state index contributed by atoms with van der Waals surface area (Å²) in [5.74, 6) is -0.437. The van der Waals surface area contributed by atoms with Crippen LogP contribution in [0, 0.1) is 0 Å². The van der Waals surface area contributed by atoms with Crippen LogP contribution < -0.4 is 5.32 Å². The first-order valence-electron chi connectivity index (χ1n) is 5.95. The van der Waals surface area contributed by atoms with Crippen LogP contribution in [0.15, 0.2) is 42.6 Å². The van der Waals surface area contributed by atoms with E-state index in [1.807, 2.05) is 6.07 Å². The third kappa shape index (κ3) is 2.70. The lowest BCUT2D eigenvalue weighted by molar-refractivity contribution is 0.102. The monoisotopic (exact) mass is 339 g/mol. The number of anilines is 1. The van der Waals surface area contributed by atoms with Crippen LogP contribution in [0.3, 0.4) is 0 Å².